The number of hydrogen-bond donors (Lipinski definition) is 0. The molecule has 0 fully saturated rings. The average molecular weight is 334 g/mol. The minimum atomic E-state index is 0. The Hall–Kier alpha value is 3.98. The van der Waals surface area contributed by atoms with Crippen LogP contribution >= 0.6 is 0 Å². The van der Waals surface area contributed by atoms with Crippen molar-refractivity contribution >= 4 is 75.5 Å². The molecule has 0 amide bonds. The van der Waals surface area contributed by atoms with Crippen molar-refractivity contribution in [2.24, 2.45) is 0 Å². The van der Waals surface area contributed by atoms with Crippen molar-refractivity contribution in [3.8, 4) is 0 Å². The summed E-state index contributed by atoms with van der Waals surface area (Å²) in [5, 5.41) is 0. The summed E-state index contributed by atoms with van der Waals surface area (Å²) in [7, 11) is 0. The summed E-state index contributed by atoms with van der Waals surface area (Å²) >= 11 is 0. The van der Waals surface area contributed by atoms with Crippen molar-refractivity contribution in [1.29, 1.82) is 0 Å². The Morgan fingerprint density at radius 1 is 0.500 bits per heavy atom. The van der Waals surface area contributed by atoms with Gasteiger partial charge in [0.25, 0.3) is 0 Å². The van der Waals surface area contributed by atoms with E-state index in [4.69, 9.17) is 0 Å². The van der Waals surface area contributed by atoms with Crippen LogP contribution in [-0.4, -0.2) is 75.5 Å². The van der Waals surface area contributed by atoms with E-state index in [0.29, 0.717) is 0 Å². The fourth-order valence-corrected chi connectivity index (χ4v) is 0. The molecule has 0 radical (unpaired) electrons. The van der Waals surface area contributed by atoms with Crippen LogP contribution in [0.15, 0.2) is 0 Å². The molecule has 0 aromatic carbocycles. The van der Waals surface area contributed by atoms with Crippen LogP contribution in [-0.2, 0) is 0 Å². The van der Waals surface area contributed by atoms with Gasteiger partial charge in [-0.05, 0) is 0 Å². The number of hydrogen-bond acceptors (Lipinski definition) is 0. The first-order valence-corrected chi connectivity index (χ1v) is 0. The zero-order chi connectivity index (χ0) is 0. The molecule has 0 spiro atoms. The first-order valence-electron chi connectivity index (χ1n) is 0. The molecule has 0 saturated carbocycles. The summed E-state index contributed by atoms with van der Waals surface area (Å²) < 4.78 is 0. The molecular weight excluding hydrogens is 334 g/mol. The summed E-state index contributed by atoms with van der Waals surface area (Å²) in [5.41, 5.74) is 0. The van der Waals surface area contributed by atoms with Gasteiger partial charge in [-0.2, -0.15) is 0 Å². The second-order valence-corrected chi connectivity index (χ2v) is 0. The predicted octanol–water partition coefficient (Wildman–Crippen LogP) is -6.75. The van der Waals surface area contributed by atoms with Gasteiger partial charge in [-0.3, -0.25) is 0 Å². The largest absolute Gasteiger partial charge is 2.00 e. The monoisotopic (exact) mass is 334 g/mol. The maximum absolute atomic E-state index is 0. The second kappa shape index (κ2) is 15.8. The van der Waals surface area contributed by atoms with Crippen molar-refractivity contribution in [3.63, 3.8) is 0 Å². The van der Waals surface area contributed by atoms with Gasteiger partial charge < -0.3 is 48.0 Å². The summed E-state index contributed by atoms with van der Waals surface area (Å²) in [6.07, 6.45) is 0. The summed E-state index contributed by atoms with van der Waals surface area (Å²) in [6.45, 7) is 0. The maximum Gasteiger partial charge on any atom is 2.00 e. The number of halogens is 2. The molecule has 0 aliphatic heterocycles. The van der Waals surface area contributed by atoms with Gasteiger partial charge in [0.05, 0.1) is 0 Å². The summed E-state index contributed by atoms with van der Waals surface area (Å²) in [4.78, 5) is 0. The van der Waals surface area contributed by atoms with Gasteiger partial charge in [0.1, 0.15) is 0 Å². The third-order valence-corrected chi connectivity index (χ3v) is 0. The van der Waals surface area contributed by atoms with Crippen molar-refractivity contribution in [1.82, 2.24) is 0 Å². The van der Waals surface area contributed by atoms with Crippen LogP contribution in [0.25, 0.3) is 0 Å². The van der Waals surface area contributed by atoms with E-state index >= 15 is 0 Å². The van der Waals surface area contributed by atoms with E-state index in [1.807, 2.05) is 0 Å². The quantitative estimate of drug-likeness (QED) is 0.305. The maximum atomic E-state index is 0. The molecule has 0 heterocycles. The first kappa shape index (κ1) is 24.5. The molecule has 0 atom stereocenters. The topological polar surface area (TPSA) is 0 Å². The van der Waals surface area contributed by atoms with Crippen molar-refractivity contribution in [2.75, 3.05) is 0 Å². The minimum absolute atomic E-state index is 0. The van der Waals surface area contributed by atoms with Gasteiger partial charge in [-0.25, -0.2) is 0 Å². The van der Waals surface area contributed by atoms with Crippen molar-refractivity contribution in [3.05, 3.63) is 0 Å². The van der Waals surface area contributed by atoms with Crippen LogP contribution < -0.4 is 48.0 Å². The van der Waals surface area contributed by atoms with Gasteiger partial charge in [0.15, 0.2) is 0 Å². The van der Waals surface area contributed by atoms with Gasteiger partial charge in [-0.15, -0.1) is 0 Å². The number of rotatable bonds is 0. The average Bonchev–Trinajstić information content (AvgIpc) is 0. The summed E-state index contributed by atoms with van der Waals surface area (Å²) in [6, 6.07) is 0. The van der Waals surface area contributed by atoms with Gasteiger partial charge in [0, 0.05) is 0 Å². The normalized spacial score (nSPS) is 0. The predicted molar refractivity (Wildman–Crippen MR) is 11.5 cm³/mol. The molecule has 0 saturated heterocycles. The molecule has 0 nitrogen and oxygen atoms in total. The van der Waals surface area contributed by atoms with E-state index in [0.717, 1.165) is 0 Å². The Morgan fingerprint density at radius 2 is 0.500 bits per heavy atom. The zero-order valence-electron chi connectivity index (χ0n) is 2.17. The van der Waals surface area contributed by atoms with Crippen LogP contribution in [0.3, 0.4) is 0 Å². The Balaban J connectivity index is 0. The Labute approximate surface area is 120 Å². The first-order chi connectivity index (χ1) is 0. The molecule has 4 heavy (non-hydrogen) atoms. The standard InChI is InChI=1S/2Ca.2HI/h;;2*1H/q2*+2;;/p-2. The molecule has 0 rings (SSSR count). The van der Waals surface area contributed by atoms with E-state index in [2.05, 4.69) is 0 Å². The molecule has 0 N–H and O–H groups in total. The summed E-state index contributed by atoms with van der Waals surface area (Å²) in [5.74, 6) is 0. The zero-order valence-corrected chi connectivity index (χ0v) is 10.9. The molecule has 0 unspecified atom stereocenters. The third kappa shape index (κ3) is 9.36. The minimum Gasteiger partial charge on any atom is -1.00 e. The molecule has 0 bridgehead atoms. The van der Waals surface area contributed by atoms with Crippen LogP contribution in [0.4, 0.5) is 0 Å². The van der Waals surface area contributed by atoms with E-state index in [9.17, 15) is 0 Å². The molecule has 0 aromatic heterocycles. The Kier molecular flexibility index (Phi) is 96.7. The Morgan fingerprint density at radius 3 is 0.500 bits per heavy atom. The van der Waals surface area contributed by atoms with Crippen molar-refractivity contribution in [2.45, 2.75) is 0 Å². The fourth-order valence-electron chi connectivity index (χ4n) is 0. The van der Waals surface area contributed by atoms with Gasteiger partial charge in [0.2, 0.25) is 0 Å². The molecule has 4 heteroatoms. The molecular formula is Ca2I2+2. The van der Waals surface area contributed by atoms with Crippen molar-refractivity contribution < 1.29 is 48.0 Å². The molecule has 0 aromatic rings. The Bertz CT molecular complexity index is 4.00. The van der Waals surface area contributed by atoms with Crippen LogP contribution in [0.1, 0.15) is 0 Å². The molecule has 16 valence electrons. The van der Waals surface area contributed by atoms with Gasteiger partial charge >= 0.3 is 75.5 Å². The fraction of sp³-hybridized carbons (Fsp3) is 0. The molecule has 0 aliphatic carbocycles. The SMILES string of the molecule is [Ca+2].[Ca+2].[I-].[I-]. The van der Waals surface area contributed by atoms with Crippen LogP contribution in [0.5, 0.6) is 0 Å². The van der Waals surface area contributed by atoms with E-state index in [-0.39, 0.29) is 123 Å². The van der Waals surface area contributed by atoms with E-state index < -0.39 is 0 Å². The third-order valence-electron chi connectivity index (χ3n) is 0. The smallest absolute Gasteiger partial charge is 1.00 e. The second-order valence-electron chi connectivity index (χ2n) is 0. The van der Waals surface area contributed by atoms with Gasteiger partial charge in [-0.1, -0.05) is 0 Å². The van der Waals surface area contributed by atoms with E-state index in [1.54, 1.807) is 0 Å². The van der Waals surface area contributed by atoms with Crippen LogP contribution in [0, 0.1) is 0 Å². The van der Waals surface area contributed by atoms with E-state index in [1.165, 1.54) is 0 Å². The van der Waals surface area contributed by atoms with Crippen LogP contribution in [0.2, 0.25) is 0 Å². The molecule has 0 aliphatic rings.